The van der Waals surface area contributed by atoms with Crippen LogP contribution in [0.15, 0.2) is 29.6 Å². The average molecular weight is 373 g/mol. The minimum atomic E-state index is -0.129. The van der Waals surface area contributed by atoms with E-state index in [1.807, 2.05) is 37.4 Å². The van der Waals surface area contributed by atoms with E-state index in [4.69, 9.17) is 4.74 Å². The van der Waals surface area contributed by atoms with Crippen molar-refractivity contribution in [2.24, 2.45) is 0 Å². The summed E-state index contributed by atoms with van der Waals surface area (Å²) in [5.41, 5.74) is 4.39. The zero-order chi connectivity index (χ0) is 18.0. The Morgan fingerprint density at radius 1 is 1.16 bits per heavy atom. The van der Waals surface area contributed by atoms with E-state index in [0.717, 1.165) is 21.9 Å². The molecule has 0 saturated heterocycles. The molecule has 0 radical (unpaired) electrons. The molecule has 1 aromatic carbocycles. The molecular weight excluding hydrogens is 352 g/mol. The number of amides is 1. The molecule has 0 aliphatic heterocycles. The minimum Gasteiger partial charge on any atom is -0.489 e. The van der Waals surface area contributed by atoms with E-state index in [9.17, 15) is 4.79 Å². The van der Waals surface area contributed by atoms with E-state index in [-0.39, 0.29) is 5.91 Å². The molecule has 1 amide bonds. The van der Waals surface area contributed by atoms with Gasteiger partial charge in [0.05, 0.1) is 10.6 Å². The second-order valence-corrected chi connectivity index (χ2v) is 8.08. The van der Waals surface area contributed by atoms with E-state index in [0.29, 0.717) is 16.6 Å². The molecule has 0 unspecified atom stereocenters. The van der Waals surface area contributed by atoms with Crippen LogP contribution in [0.2, 0.25) is 0 Å². The second kappa shape index (κ2) is 7.37. The molecule has 0 aliphatic carbocycles. The maximum atomic E-state index is 12.3. The zero-order valence-electron chi connectivity index (χ0n) is 14.7. The first-order valence-electron chi connectivity index (χ1n) is 7.95. The third-order valence-electron chi connectivity index (χ3n) is 4.01. The summed E-state index contributed by atoms with van der Waals surface area (Å²) in [7, 11) is 0. The fourth-order valence-electron chi connectivity index (χ4n) is 2.23. The van der Waals surface area contributed by atoms with E-state index < -0.39 is 0 Å². The summed E-state index contributed by atoms with van der Waals surface area (Å²) < 4.78 is 5.82. The highest BCUT2D eigenvalue weighted by Gasteiger charge is 2.12. The van der Waals surface area contributed by atoms with E-state index in [1.54, 1.807) is 0 Å². The average Bonchev–Trinajstić information content (AvgIpc) is 3.16. The lowest BCUT2D eigenvalue weighted by Crippen LogP contribution is -2.09. The Kier molecular flexibility index (Phi) is 5.20. The number of nitrogens with one attached hydrogen (secondary N) is 1. The van der Waals surface area contributed by atoms with Gasteiger partial charge in [-0.2, -0.15) is 0 Å². The number of ether oxygens (including phenoxy) is 1. The van der Waals surface area contributed by atoms with E-state index >= 15 is 0 Å². The van der Waals surface area contributed by atoms with Crippen LogP contribution in [0.1, 0.15) is 36.9 Å². The van der Waals surface area contributed by atoms with Crippen molar-refractivity contribution in [1.82, 2.24) is 4.98 Å². The summed E-state index contributed by atoms with van der Waals surface area (Å²) in [6, 6.07) is 7.92. The Balaban J connectivity index is 1.61. The molecule has 2 aromatic heterocycles. The topological polar surface area (TPSA) is 51.2 Å². The number of aryl methyl sites for hydroxylation is 4. The van der Waals surface area contributed by atoms with Crippen molar-refractivity contribution in [2.45, 2.75) is 34.3 Å². The molecule has 0 aliphatic rings. The first-order chi connectivity index (χ1) is 11.9. The van der Waals surface area contributed by atoms with Crippen LogP contribution in [0.3, 0.4) is 0 Å². The molecule has 6 heteroatoms. The number of nitrogens with zero attached hydrogens (tertiary/aromatic N) is 1. The number of hydrogen-bond donors (Lipinski definition) is 1. The Labute approximate surface area is 155 Å². The highest BCUT2D eigenvalue weighted by Crippen LogP contribution is 2.24. The molecule has 4 nitrogen and oxygen atoms in total. The zero-order valence-corrected chi connectivity index (χ0v) is 16.3. The van der Waals surface area contributed by atoms with Crippen molar-refractivity contribution in [1.29, 1.82) is 0 Å². The van der Waals surface area contributed by atoms with Crippen molar-refractivity contribution in [3.05, 3.63) is 61.8 Å². The molecule has 3 aromatic rings. The molecule has 0 spiro atoms. The number of rotatable bonds is 5. The fraction of sp³-hybridized carbons (Fsp3) is 0.263. The molecule has 25 heavy (non-hydrogen) atoms. The number of aromatic nitrogens is 1. The van der Waals surface area contributed by atoms with Gasteiger partial charge in [0, 0.05) is 10.4 Å². The third kappa shape index (κ3) is 4.27. The fourth-order valence-corrected chi connectivity index (χ4v) is 3.83. The van der Waals surface area contributed by atoms with Crippen LogP contribution in [-0.4, -0.2) is 10.9 Å². The lowest BCUT2D eigenvalue weighted by Gasteiger charge is -2.07. The molecule has 2 heterocycles. The number of hydrogen-bond acceptors (Lipinski definition) is 5. The van der Waals surface area contributed by atoms with Gasteiger partial charge >= 0.3 is 0 Å². The number of benzene rings is 1. The molecule has 0 saturated carbocycles. The highest BCUT2D eigenvalue weighted by molar-refractivity contribution is 7.16. The van der Waals surface area contributed by atoms with Crippen LogP contribution in [0.4, 0.5) is 5.13 Å². The van der Waals surface area contributed by atoms with Gasteiger partial charge in [-0.05, 0) is 62.4 Å². The maximum Gasteiger partial charge on any atom is 0.267 e. The SMILES string of the molecule is Cc1ccc(OCc2csc(C(=O)Nc3nc(C)c(C)s3)c2)cc1C. The van der Waals surface area contributed by atoms with Crippen molar-refractivity contribution < 1.29 is 9.53 Å². The molecule has 0 fully saturated rings. The van der Waals surface area contributed by atoms with Gasteiger partial charge in [0.1, 0.15) is 12.4 Å². The first kappa shape index (κ1) is 17.6. The largest absolute Gasteiger partial charge is 0.489 e. The molecule has 3 rings (SSSR count). The monoisotopic (exact) mass is 372 g/mol. The van der Waals surface area contributed by atoms with Crippen LogP contribution in [0.5, 0.6) is 5.75 Å². The number of anilines is 1. The van der Waals surface area contributed by atoms with E-state index in [1.165, 1.54) is 33.8 Å². The third-order valence-corrected chi connectivity index (χ3v) is 5.98. The smallest absolute Gasteiger partial charge is 0.267 e. The van der Waals surface area contributed by atoms with Crippen LogP contribution >= 0.6 is 22.7 Å². The van der Waals surface area contributed by atoms with Crippen molar-refractivity contribution in [3.63, 3.8) is 0 Å². The number of carbonyl (C=O) groups excluding carboxylic acids is 1. The van der Waals surface area contributed by atoms with Crippen molar-refractivity contribution >= 4 is 33.7 Å². The Hall–Kier alpha value is -2.18. The summed E-state index contributed by atoms with van der Waals surface area (Å²) in [6.45, 7) is 8.53. The molecule has 1 N–H and O–H groups in total. The summed E-state index contributed by atoms with van der Waals surface area (Å²) in [4.78, 5) is 18.4. The van der Waals surface area contributed by atoms with Gasteiger partial charge < -0.3 is 4.74 Å². The summed E-state index contributed by atoms with van der Waals surface area (Å²) in [6.07, 6.45) is 0. The van der Waals surface area contributed by atoms with Gasteiger partial charge in [-0.25, -0.2) is 4.98 Å². The van der Waals surface area contributed by atoms with E-state index in [2.05, 4.69) is 30.2 Å². The van der Waals surface area contributed by atoms with Gasteiger partial charge in [0.2, 0.25) is 0 Å². The lowest BCUT2D eigenvalue weighted by atomic mass is 10.1. The standard InChI is InChI=1S/C19H20N2O2S2/c1-11-5-6-16(7-12(11)2)23-9-15-8-17(24-10-15)18(22)21-19-20-13(3)14(4)25-19/h5-8,10H,9H2,1-4H3,(H,20,21,22). The molecule has 130 valence electrons. The quantitative estimate of drug-likeness (QED) is 0.664. The van der Waals surface area contributed by atoms with Gasteiger partial charge in [-0.3, -0.25) is 10.1 Å². The van der Waals surface area contributed by atoms with Crippen molar-refractivity contribution in [2.75, 3.05) is 5.32 Å². The van der Waals surface area contributed by atoms with Crippen LogP contribution in [0, 0.1) is 27.7 Å². The Bertz CT molecular complexity index is 893. The lowest BCUT2D eigenvalue weighted by molar-refractivity contribution is 0.103. The number of carbonyl (C=O) groups is 1. The molecular formula is C19H20N2O2S2. The van der Waals surface area contributed by atoms with Gasteiger partial charge in [-0.15, -0.1) is 22.7 Å². The van der Waals surface area contributed by atoms with Gasteiger partial charge in [0.15, 0.2) is 5.13 Å². The van der Waals surface area contributed by atoms with Crippen LogP contribution in [0.25, 0.3) is 0 Å². The Morgan fingerprint density at radius 3 is 2.64 bits per heavy atom. The normalized spacial score (nSPS) is 10.7. The summed E-state index contributed by atoms with van der Waals surface area (Å²) in [5.74, 6) is 0.713. The Morgan fingerprint density at radius 2 is 1.96 bits per heavy atom. The van der Waals surface area contributed by atoms with Gasteiger partial charge in [-0.1, -0.05) is 6.07 Å². The highest BCUT2D eigenvalue weighted by atomic mass is 32.1. The summed E-state index contributed by atoms with van der Waals surface area (Å²) in [5, 5.41) is 5.45. The predicted octanol–water partition coefficient (Wildman–Crippen LogP) is 5.27. The molecule has 0 atom stereocenters. The van der Waals surface area contributed by atoms with Crippen LogP contribution in [-0.2, 0) is 6.61 Å². The maximum absolute atomic E-state index is 12.3. The number of thiazole rings is 1. The molecule has 0 bridgehead atoms. The summed E-state index contributed by atoms with van der Waals surface area (Å²) >= 11 is 2.90. The minimum absolute atomic E-state index is 0.129. The van der Waals surface area contributed by atoms with Crippen LogP contribution < -0.4 is 10.1 Å². The predicted molar refractivity (Wildman–Crippen MR) is 104 cm³/mol. The second-order valence-electron chi connectivity index (χ2n) is 5.97. The van der Waals surface area contributed by atoms with Crippen molar-refractivity contribution in [3.8, 4) is 5.75 Å². The number of thiophene rings is 1. The van der Waals surface area contributed by atoms with Gasteiger partial charge in [0.25, 0.3) is 5.91 Å². The first-order valence-corrected chi connectivity index (χ1v) is 9.65.